The van der Waals surface area contributed by atoms with Gasteiger partial charge in [0.15, 0.2) is 0 Å². The molecule has 1 aromatic heterocycles. The van der Waals surface area contributed by atoms with Crippen LogP contribution >= 0.6 is 11.3 Å². The number of hydrogen-bond acceptors (Lipinski definition) is 13. The number of rotatable bonds is 23. The van der Waals surface area contributed by atoms with Gasteiger partial charge in [-0.15, -0.1) is 11.3 Å². The molecule has 0 radical (unpaired) electrons. The zero-order valence-corrected chi connectivity index (χ0v) is 35.2. The van der Waals surface area contributed by atoms with Gasteiger partial charge in [0.05, 0.1) is 58.9 Å². The van der Waals surface area contributed by atoms with Crippen LogP contribution in [-0.4, -0.2) is 136 Å². The highest BCUT2D eigenvalue weighted by Gasteiger charge is 2.41. The van der Waals surface area contributed by atoms with Crippen LogP contribution in [-0.2, 0) is 33.3 Å². The van der Waals surface area contributed by atoms with Gasteiger partial charge in [0.25, 0.3) is 0 Å². The average Bonchev–Trinajstić information content (AvgIpc) is 3.89. The van der Waals surface area contributed by atoms with E-state index in [2.05, 4.69) is 5.32 Å². The number of nitrogens with one attached hydrogen (secondary N) is 1. The summed E-state index contributed by atoms with van der Waals surface area (Å²) >= 11 is 1.36. The molecule has 0 bridgehead atoms. The minimum absolute atomic E-state index is 0.0205. The third-order valence-corrected chi connectivity index (χ3v) is 10.8. The second-order valence-corrected chi connectivity index (χ2v) is 16.2. The molecule has 0 spiro atoms. The van der Waals surface area contributed by atoms with E-state index in [0.717, 1.165) is 38.5 Å². The molecule has 1 aromatic carbocycles. The first kappa shape index (κ1) is 46.0. The molecule has 1 saturated carbocycles. The number of nitrogens with two attached hydrogens (primary N) is 1. The summed E-state index contributed by atoms with van der Waals surface area (Å²) in [5, 5.41) is 5.46. The van der Waals surface area contributed by atoms with Crippen LogP contribution in [0.5, 0.6) is 5.75 Å². The Bertz CT molecular complexity index is 1560. The van der Waals surface area contributed by atoms with Crippen molar-refractivity contribution in [3.8, 4) is 5.75 Å². The predicted octanol–water partition coefficient (Wildman–Crippen LogP) is 4.76. The van der Waals surface area contributed by atoms with Gasteiger partial charge in [0.1, 0.15) is 40.7 Å². The van der Waals surface area contributed by atoms with Crippen molar-refractivity contribution in [2.75, 3.05) is 79.6 Å². The number of benzene rings is 1. The SMILES string of the molecule is C[C@@H](C(=O)N[C@H](C(=O)N1CCC[C@H]1c1nc(C(=O)c2cccc(OCCOCCOCCOCCOCCN)c2)cs1)C1CCCCC1)N(C)C(=O)OC(C)(C)C. The van der Waals surface area contributed by atoms with Gasteiger partial charge in [-0.05, 0) is 71.4 Å². The van der Waals surface area contributed by atoms with Crippen molar-refractivity contribution in [2.45, 2.75) is 96.4 Å². The normalized spacial score (nSPS) is 17.2. The molecular formula is C41H63N5O10S. The van der Waals surface area contributed by atoms with Crippen LogP contribution in [0.25, 0.3) is 0 Å². The maximum atomic E-state index is 14.4. The predicted molar refractivity (Wildman–Crippen MR) is 215 cm³/mol. The maximum absolute atomic E-state index is 14.4. The Kier molecular flexibility index (Phi) is 19.1. The number of ether oxygens (including phenoxy) is 6. The molecule has 2 heterocycles. The van der Waals surface area contributed by atoms with E-state index in [1.54, 1.807) is 57.3 Å². The van der Waals surface area contributed by atoms with E-state index in [0.29, 0.717) is 101 Å². The molecule has 3 N–H and O–H groups in total. The number of ketones is 1. The summed E-state index contributed by atoms with van der Waals surface area (Å²) in [6.45, 7) is 12.0. The minimum atomic E-state index is -0.849. The van der Waals surface area contributed by atoms with Crippen LogP contribution in [0.15, 0.2) is 29.6 Å². The van der Waals surface area contributed by atoms with Crippen molar-refractivity contribution >= 4 is 35.0 Å². The van der Waals surface area contributed by atoms with E-state index >= 15 is 0 Å². The summed E-state index contributed by atoms with van der Waals surface area (Å²) in [6, 6.07) is 5.07. The summed E-state index contributed by atoms with van der Waals surface area (Å²) in [4.78, 5) is 62.1. The molecule has 1 saturated heterocycles. The number of aromatic nitrogens is 1. The van der Waals surface area contributed by atoms with E-state index in [1.807, 2.05) is 4.90 Å². The Labute approximate surface area is 341 Å². The number of thiazole rings is 1. The van der Waals surface area contributed by atoms with Crippen LogP contribution in [0.3, 0.4) is 0 Å². The summed E-state index contributed by atoms with van der Waals surface area (Å²) in [5.74, 6) is -0.283. The van der Waals surface area contributed by atoms with Gasteiger partial charge in [-0.3, -0.25) is 19.3 Å². The van der Waals surface area contributed by atoms with Crippen LogP contribution < -0.4 is 15.8 Å². The van der Waals surface area contributed by atoms with E-state index in [1.165, 1.54) is 23.3 Å². The number of nitrogens with zero attached hydrogens (tertiary/aromatic N) is 3. The minimum Gasteiger partial charge on any atom is -0.491 e. The monoisotopic (exact) mass is 817 g/mol. The summed E-state index contributed by atoms with van der Waals surface area (Å²) < 4.78 is 33.1. The quantitative estimate of drug-likeness (QED) is 0.116. The van der Waals surface area contributed by atoms with Gasteiger partial charge in [0, 0.05) is 31.1 Å². The largest absolute Gasteiger partial charge is 0.491 e. The summed E-state index contributed by atoms with van der Waals surface area (Å²) in [7, 11) is 1.52. The summed E-state index contributed by atoms with van der Waals surface area (Å²) in [6.07, 6.45) is 5.59. The van der Waals surface area contributed by atoms with Gasteiger partial charge >= 0.3 is 6.09 Å². The number of likely N-dealkylation sites (N-methyl/N-ethyl adjacent to an activating group) is 1. The lowest BCUT2D eigenvalue weighted by atomic mass is 9.83. The molecule has 0 unspecified atom stereocenters. The fourth-order valence-corrected chi connectivity index (χ4v) is 7.69. The van der Waals surface area contributed by atoms with E-state index in [4.69, 9.17) is 39.1 Å². The Morgan fingerprint density at radius 3 is 2.18 bits per heavy atom. The second-order valence-electron chi connectivity index (χ2n) is 15.4. The van der Waals surface area contributed by atoms with Crippen molar-refractivity contribution < 1.29 is 47.6 Å². The molecule has 1 aliphatic heterocycles. The highest BCUT2D eigenvalue weighted by molar-refractivity contribution is 7.10. The molecule has 2 aromatic rings. The van der Waals surface area contributed by atoms with Gasteiger partial charge in [-0.25, -0.2) is 9.78 Å². The molecule has 57 heavy (non-hydrogen) atoms. The molecule has 4 rings (SSSR count). The van der Waals surface area contributed by atoms with Crippen LogP contribution in [0, 0.1) is 5.92 Å². The molecular weight excluding hydrogens is 755 g/mol. The van der Waals surface area contributed by atoms with E-state index < -0.39 is 29.7 Å². The zero-order valence-electron chi connectivity index (χ0n) is 34.3. The van der Waals surface area contributed by atoms with Gasteiger partial charge < -0.3 is 44.4 Å². The van der Waals surface area contributed by atoms with Crippen molar-refractivity contribution in [2.24, 2.45) is 11.7 Å². The fraction of sp³-hybridized carbons (Fsp3) is 0.683. The molecule has 318 valence electrons. The second kappa shape index (κ2) is 23.7. The van der Waals surface area contributed by atoms with Crippen LogP contribution in [0.2, 0.25) is 0 Å². The third-order valence-electron chi connectivity index (χ3n) is 9.87. The number of hydrogen-bond donors (Lipinski definition) is 2. The standard InChI is InChI=1S/C41H63N5O10S/c1-29(45(5)40(50)56-41(2,3)4)37(48)44-35(30-11-7-6-8-12-30)39(49)46-17-10-15-34(46)38-43-33(28-57-38)36(47)31-13-9-14-32(27-31)55-26-25-54-24-23-53-22-21-52-20-19-51-18-16-42/h9,13-14,27-30,34-35H,6-8,10-12,15-26,42H2,1-5H3,(H,44,48)/t29-,34-,35-/m0/s1. The smallest absolute Gasteiger partial charge is 0.410 e. The highest BCUT2D eigenvalue weighted by atomic mass is 32.1. The Hall–Kier alpha value is -3.67. The number of likely N-dealkylation sites (tertiary alicyclic amines) is 1. The fourth-order valence-electron chi connectivity index (χ4n) is 6.74. The van der Waals surface area contributed by atoms with Crippen molar-refractivity contribution in [1.82, 2.24) is 20.1 Å². The van der Waals surface area contributed by atoms with Crippen molar-refractivity contribution in [3.05, 3.63) is 45.9 Å². The van der Waals surface area contributed by atoms with Crippen LogP contribution in [0.1, 0.15) is 99.7 Å². The average molecular weight is 818 g/mol. The maximum Gasteiger partial charge on any atom is 0.410 e. The van der Waals surface area contributed by atoms with E-state index in [9.17, 15) is 19.2 Å². The number of amides is 3. The van der Waals surface area contributed by atoms with Gasteiger partial charge in [-0.2, -0.15) is 0 Å². The van der Waals surface area contributed by atoms with Crippen molar-refractivity contribution in [1.29, 1.82) is 0 Å². The number of carbonyl (C=O) groups is 4. The van der Waals surface area contributed by atoms with Gasteiger partial charge in [0.2, 0.25) is 17.6 Å². The van der Waals surface area contributed by atoms with Crippen LogP contribution in [0.4, 0.5) is 4.79 Å². The first-order valence-corrected chi connectivity index (χ1v) is 21.1. The van der Waals surface area contributed by atoms with E-state index in [-0.39, 0.29) is 23.7 Å². The lowest BCUT2D eigenvalue weighted by molar-refractivity contribution is -0.140. The molecule has 3 amide bonds. The number of carbonyl (C=O) groups excluding carboxylic acids is 4. The first-order chi connectivity index (χ1) is 27.4. The van der Waals surface area contributed by atoms with Crippen molar-refractivity contribution in [3.63, 3.8) is 0 Å². The molecule has 1 aliphatic carbocycles. The topological polar surface area (TPSA) is 181 Å². The Balaban J connectivity index is 1.29. The van der Waals surface area contributed by atoms with Gasteiger partial charge in [-0.1, -0.05) is 31.4 Å². The highest BCUT2D eigenvalue weighted by Crippen LogP contribution is 2.37. The molecule has 16 heteroatoms. The summed E-state index contributed by atoms with van der Waals surface area (Å²) in [5.41, 5.74) is 5.40. The molecule has 15 nitrogen and oxygen atoms in total. The Morgan fingerprint density at radius 1 is 0.912 bits per heavy atom. The lowest BCUT2D eigenvalue weighted by Crippen LogP contribution is -2.56. The lowest BCUT2D eigenvalue weighted by Gasteiger charge is -2.36. The third kappa shape index (κ3) is 14.9. The molecule has 3 atom stereocenters. The zero-order chi connectivity index (χ0) is 41.2. The molecule has 2 aliphatic rings. The first-order valence-electron chi connectivity index (χ1n) is 20.2. The molecule has 2 fully saturated rings. The Morgan fingerprint density at radius 2 is 1.54 bits per heavy atom.